The molecule has 0 radical (unpaired) electrons. The molecule has 1 heterocycles. The summed E-state index contributed by atoms with van der Waals surface area (Å²) in [5.41, 5.74) is 0.561. The number of carbonyl (C=O) groups excluding carboxylic acids is 1. The number of hydrogen-bond donors (Lipinski definition) is 1. The monoisotopic (exact) mass is 292 g/mol. The molecule has 1 aromatic carbocycles. The third-order valence-electron chi connectivity index (χ3n) is 3.31. The first kappa shape index (κ1) is 15.8. The van der Waals surface area contributed by atoms with Crippen LogP contribution in [0.1, 0.15) is 24.2 Å². The topological polar surface area (TPSA) is 50.8 Å². The van der Waals surface area contributed by atoms with E-state index in [1.807, 2.05) is 13.8 Å². The maximum Gasteiger partial charge on any atom is 0.338 e. The Morgan fingerprint density at radius 1 is 1.24 bits per heavy atom. The van der Waals surface area contributed by atoms with Gasteiger partial charge < -0.3 is 14.8 Å². The molecule has 21 heavy (non-hydrogen) atoms. The van der Waals surface area contributed by atoms with E-state index in [1.54, 1.807) is 24.3 Å². The fraction of sp³-hybridized carbons (Fsp3) is 0.562. The van der Waals surface area contributed by atoms with Gasteiger partial charge >= 0.3 is 5.97 Å². The van der Waals surface area contributed by atoms with Crippen LogP contribution in [-0.2, 0) is 4.74 Å². The minimum Gasteiger partial charge on any atom is -0.491 e. The molecule has 0 unspecified atom stereocenters. The summed E-state index contributed by atoms with van der Waals surface area (Å²) >= 11 is 0. The van der Waals surface area contributed by atoms with Gasteiger partial charge in [-0.2, -0.15) is 0 Å². The first-order valence-corrected chi connectivity index (χ1v) is 7.52. The van der Waals surface area contributed by atoms with E-state index in [9.17, 15) is 4.79 Å². The lowest BCUT2D eigenvalue weighted by Crippen LogP contribution is -2.44. The molecular formula is C16H24N2O3. The van der Waals surface area contributed by atoms with Gasteiger partial charge in [0.15, 0.2) is 0 Å². The Hall–Kier alpha value is -1.59. The van der Waals surface area contributed by atoms with Crippen molar-refractivity contribution in [1.82, 2.24) is 10.2 Å². The van der Waals surface area contributed by atoms with Crippen molar-refractivity contribution >= 4 is 5.97 Å². The zero-order valence-corrected chi connectivity index (χ0v) is 12.8. The summed E-state index contributed by atoms with van der Waals surface area (Å²) in [7, 11) is 0. The van der Waals surface area contributed by atoms with Gasteiger partial charge in [-0.15, -0.1) is 0 Å². The Labute approximate surface area is 126 Å². The molecule has 5 heteroatoms. The number of benzene rings is 1. The lowest BCUT2D eigenvalue weighted by molar-refractivity contribution is 0.0456. The van der Waals surface area contributed by atoms with E-state index < -0.39 is 0 Å². The molecule has 1 aliphatic rings. The summed E-state index contributed by atoms with van der Waals surface area (Å²) in [6.45, 7) is 9.20. The second kappa shape index (κ2) is 8.00. The van der Waals surface area contributed by atoms with Crippen LogP contribution < -0.4 is 10.1 Å². The molecule has 1 fully saturated rings. The number of nitrogens with zero attached hydrogens (tertiary/aromatic N) is 1. The fourth-order valence-electron chi connectivity index (χ4n) is 2.23. The molecule has 1 aromatic rings. The van der Waals surface area contributed by atoms with Crippen LogP contribution in [0.3, 0.4) is 0 Å². The largest absolute Gasteiger partial charge is 0.491 e. The minimum atomic E-state index is -0.277. The van der Waals surface area contributed by atoms with E-state index in [2.05, 4.69) is 10.2 Å². The zero-order chi connectivity index (χ0) is 15.1. The predicted molar refractivity (Wildman–Crippen MR) is 81.8 cm³/mol. The summed E-state index contributed by atoms with van der Waals surface area (Å²) in [4.78, 5) is 14.2. The standard InChI is InChI=1S/C16H24N2O3/c1-13(2)21-15-5-3-14(4-6-15)16(19)20-12-11-18-9-7-17-8-10-18/h3-6,13,17H,7-12H2,1-2H3. The van der Waals surface area contributed by atoms with Crippen LogP contribution in [0.15, 0.2) is 24.3 Å². The van der Waals surface area contributed by atoms with Gasteiger partial charge in [0.05, 0.1) is 11.7 Å². The smallest absolute Gasteiger partial charge is 0.338 e. The molecule has 1 saturated heterocycles. The van der Waals surface area contributed by atoms with Crippen molar-refractivity contribution in [3.63, 3.8) is 0 Å². The first-order valence-electron chi connectivity index (χ1n) is 7.52. The highest BCUT2D eigenvalue weighted by molar-refractivity contribution is 5.89. The second-order valence-electron chi connectivity index (χ2n) is 5.42. The fourth-order valence-corrected chi connectivity index (χ4v) is 2.23. The highest BCUT2D eigenvalue weighted by Crippen LogP contribution is 2.14. The molecule has 0 atom stereocenters. The van der Waals surface area contributed by atoms with E-state index in [1.165, 1.54) is 0 Å². The van der Waals surface area contributed by atoms with Crippen LogP contribution >= 0.6 is 0 Å². The Morgan fingerprint density at radius 3 is 2.52 bits per heavy atom. The van der Waals surface area contributed by atoms with Crippen molar-refractivity contribution in [3.8, 4) is 5.75 Å². The average Bonchev–Trinajstić information content (AvgIpc) is 2.48. The van der Waals surface area contributed by atoms with Crippen molar-refractivity contribution in [2.24, 2.45) is 0 Å². The molecule has 0 aliphatic carbocycles. The normalized spacial score (nSPS) is 16.0. The average molecular weight is 292 g/mol. The molecule has 0 amide bonds. The summed E-state index contributed by atoms with van der Waals surface area (Å²) in [6.07, 6.45) is 0.127. The highest BCUT2D eigenvalue weighted by atomic mass is 16.5. The molecule has 0 spiro atoms. The highest BCUT2D eigenvalue weighted by Gasteiger charge is 2.11. The molecule has 0 saturated carbocycles. The van der Waals surface area contributed by atoms with E-state index in [4.69, 9.17) is 9.47 Å². The van der Waals surface area contributed by atoms with Crippen molar-refractivity contribution in [2.45, 2.75) is 20.0 Å². The number of hydrogen-bond acceptors (Lipinski definition) is 5. The maximum atomic E-state index is 11.9. The van der Waals surface area contributed by atoms with Crippen LogP contribution in [0.2, 0.25) is 0 Å². The van der Waals surface area contributed by atoms with E-state index in [0.29, 0.717) is 12.2 Å². The maximum absolute atomic E-state index is 11.9. The number of carbonyl (C=O) groups is 1. The van der Waals surface area contributed by atoms with Gasteiger partial charge in [-0.05, 0) is 38.1 Å². The van der Waals surface area contributed by atoms with Crippen molar-refractivity contribution in [1.29, 1.82) is 0 Å². The summed E-state index contributed by atoms with van der Waals surface area (Å²) in [5.74, 6) is 0.489. The van der Waals surface area contributed by atoms with Crippen molar-refractivity contribution < 1.29 is 14.3 Å². The summed E-state index contributed by atoms with van der Waals surface area (Å²) < 4.78 is 10.9. The first-order chi connectivity index (χ1) is 10.1. The van der Waals surface area contributed by atoms with Crippen LogP contribution in [0.5, 0.6) is 5.75 Å². The Balaban J connectivity index is 1.74. The molecule has 1 aliphatic heterocycles. The van der Waals surface area contributed by atoms with Crippen molar-refractivity contribution in [2.75, 3.05) is 39.3 Å². The van der Waals surface area contributed by atoms with Gasteiger partial charge in [0.1, 0.15) is 12.4 Å². The lowest BCUT2D eigenvalue weighted by atomic mass is 10.2. The third kappa shape index (κ3) is 5.36. The minimum absolute atomic E-state index is 0.127. The molecule has 0 bridgehead atoms. The van der Waals surface area contributed by atoms with Gasteiger partial charge in [-0.1, -0.05) is 0 Å². The number of ether oxygens (including phenoxy) is 2. The summed E-state index contributed by atoms with van der Waals surface area (Å²) in [5, 5.41) is 3.30. The molecule has 5 nitrogen and oxygen atoms in total. The third-order valence-corrected chi connectivity index (χ3v) is 3.31. The Bertz CT molecular complexity index is 439. The van der Waals surface area contributed by atoms with Gasteiger partial charge in [-0.25, -0.2) is 4.79 Å². The predicted octanol–water partition coefficient (Wildman–Crippen LogP) is 1.54. The Kier molecular flexibility index (Phi) is 6.02. The number of piperazine rings is 1. The van der Waals surface area contributed by atoms with Gasteiger partial charge in [0.2, 0.25) is 0 Å². The van der Waals surface area contributed by atoms with Gasteiger partial charge in [-0.3, -0.25) is 4.90 Å². The molecule has 116 valence electrons. The number of nitrogens with one attached hydrogen (secondary N) is 1. The molecular weight excluding hydrogens is 268 g/mol. The van der Waals surface area contributed by atoms with E-state index >= 15 is 0 Å². The number of esters is 1. The SMILES string of the molecule is CC(C)Oc1ccc(C(=O)OCCN2CCNCC2)cc1. The second-order valence-corrected chi connectivity index (χ2v) is 5.42. The van der Waals surface area contributed by atoms with Crippen molar-refractivity contribution in [3.05, 3.63) is 29.8 Å². The van der Waals surface area contributed by atoms with Crippen LogP contribution in [0.4, 0.5) is 0 Å². The van der Waals surface area contributed by atoms with Gasteiger partial charge in [0.25, 0.3) is 0 Å². The lowest BCUT2D eigenvalue weighted by Gasteiger charge is -2.26. The zero-order valence-electron chi connectivity index (χ0n) is 12.8. The van der Waals surface area contributed by atoms with E-state index in [-0.39, 0.29) is 12.1 Å². The molecule has 1 N–H and O–H groups in total. The Morgan fingerprint density at radius 2 is 1.90 bits per heavy atom. The molecule has 2 rings (SSSR count). The van der Waals surface area contributed by atoms with Crippen LogP contribution in [-0.4, -0.2) is 56.3 Å². The van der Waals surface area contributed by atoms with Gasteiger partial charge in [0, 0.05) is 32.7 Å². The number of rotatable bonds is 6. The molecule has 0 aromatic heterocycles. The summed E-state index contributed by atoms with van der Waals surface area (Å²) in [6, 6.07) is 7.08. The van der Waals surface area contributed by atoms with Crippen LogP contribution in [0, 0.1) is 0 Å². The van der Waals surface area contributed by atoms with Crippen LogP contribution in [0.25, 0.3) is 0 Å². The van der Waals surface area contributed by atoms with E-state index in [0.717, 1.165) is 38.5 Å². The quantitative estimate of drug-likeness (QED) is 0.806.